The average molecular weight is 203 g/mol. The Kier molecular flexibility index (Phi) is 26.1. The van der Waals surface area contributed by atoms with Crippen molar-refractivity contribution in [2.45, 2.75) is 74.3 Å². The van der Waals surface area contributed by atoms with Crippen LogP contribution in [0.3, 0.4) is 0 Å². The Balaban J connectivity index is -0.000000266. The van der Waals surface area contributed by atoms with Crippen molar-refractivity contribution >= 4 is 0 Å². The first-order valence-corrected chi connectivity index (χ1v) is 6.50. The molecule has 0 radical (unpaired) electrons. The van der Waals surface area contributed by atoms with Crippen molar-refractivity contribution in [2.24, 2.45) is 0 Å². The van der Waals surface area contributed by atoms with Gasteiger partial charge in [0.1, 0.15) is 0 Å². The highest BCUT2D eigenvalue weighted by molar-refractivity contribution is 4.62. The van der Waals surface area contributed by atoms with E-state index in [1.165, 1.54) is 25.9 Å². The van der Waals surface area contributed by atoms with E-state index in [0.29, 0.717) is 0 Å². The van der Waals surface area contributed by atoms with Gasteiger partial charge in [0, 0.05) is 6.04 Å². The van der Waals surface area contributed by atoms with Crippen LogP contribution in [-0.4, -0.2) is 24.0 Å². The van der Waals surface area contributed by atoms with Crippen LogP contribution < -0.4 is 0 Å². The van der Waals surface area contributed by atoms with E-state index in [0.717, 1.165) is 6.04 Å². The van der Waals surface area contributed by atoms with Crippen molar-refractivity contribution < 1.29 is 0 Å². The minimum atomic E-state index is 0.768. The number of hydrogen-bond donors (Lipinski definition) is 0. The molecular formula is C13H33N. The molecule has 0 bridgehead atoms. The first-order chi connectivity index (χ1) is 6.76. The first kappa shape index (κ1) is 19.5. The largest absolute Gasteiger partial charge is 0.301 e. The van der Waals surface area contributed by atoms with Crippen LogP contribution in [-0.2, 0) is 0 Å². The molecule has 1 atom stereocenters. The molecule has 1 unspecified atom stereocenters. The molecule has 0 spiro atoms. The summed E-state index contributed by atoms with van der Waals surface area (Å²) in [6.45, 7) is 19.5. The van der Waals surface area contributed by atoms with E-state index in [1.54, 1.807) is 0 Å². The third kappa shape index (κ3) is 12.0. The minimum Gasteiger partial charge on any atom is -0.301 e. The van der Waals surface area contributed by atoms with E-state index in [9.17, 15) is 0 Å². The average Bonchev–Trinajstić information content (AvgIpc) is 2.30. The standard InChI is InChI=1S/C9H21N.2C2H6/c1-5-8-10(7-3)9(4)6-2;2*1-2/h9H,5-8H2,1-4H3;2*1-2H3. The zero-order valence-electron chi connectivity index (χ0n) is 11.9. The van der Waals surface area contributed by atoms with E-state index in [4.69, 9.17) is 0 Å². The molecule has 0 saturated heterocycles. The van der Waals surface area contributed by atoms with Gasteiger partial charge in [-0.1, -0.05) is 48.5 Å². The Morgan fingerprint density at radius 2 is 1.36 bits per heavy atom. The van der Waals surface area contributed by atoms with Crippen molar-refractivity contribution in [3.63, 3.8) is 0 Å². The van der Waals surface area contributed by atoms with Crippen LogP contribution in [0.1, 0.15) is 68.2 Å². The summed E-state index contributed by atoms with van der Waals surface area (Å²) in [6, 6.07) is 0.768. The van der Waals surface area contributed by atoms with Crippen molar-refractivity contribution in [1.29, 1.82) is 0 Å². The van der Waals surface area contributed by atoms with Crippen LogP contribution in [0.5, 0.6) is 0 Å². The second-order valence-electron chi connectivity index (χ2n) is 2.89. The van der Waals surface area contributed by atoms with Gasteiger partial charge in [-0.3, -0.25) is 0 Å². The molecule has 0 aromatic heterocycles. The molecule has 0 N–H and O–H groups in total. The lowest BCUT2D eigenvalue weighted by Crippen LogP contribution is -2.32. The molecule has 0 aromatic carbocycles. The fraction of sp³-hybridized carbons (Fsp3) is 1.00. The summed E-state index contributed by atoms with van der Waals surface area (Å²) in [4.78, 5) is 2.53. The summed E-state index contributed by atoms with van der Waals surface area (Å²) in [5, 5.41) is 0. The normalized spacial score (nSPS) is 10.9. The topological polar surface area (TPSA) is 3.24 Å². The van der Waals surface area contributed by atoms with Crippen LogP contribution >= 0.6 is 0 Å². The van der Waals surface area contributed by atoms with Crippen LogP contribution in [0.2, 0.25) is 0 Å². The van der Waals surface area contributed by atoms with Crippen LogP contribution in [0.25, 0.3) is 0 Å². The molecule has 1 heteroatoms. The van der Waals surface area contributed by atoms with Gasteiger partial charge in [0.05, 0.1) is 0 Å². The first-order valence-electron chi connectivity index (χ1n) is 6.50. The van der Waals surface area contributed by atoms with Gasteiger partial charge in [-0.25, -0.2) is 0 Å². The zero-order valence-corrected chi connectivity index (χ0v) is 11.9. The zero-order chi connectivity index (χ0) is 12.0. The summed E-state index contributed by atoms with van der Waals surface area (Å²) in [5.41, 5.74) is 0. The van der Waals surface area contributed by atoms with E-state index in [1.807, 2.05) is 27.7 Å². The lowest BCUT2D eigenvalue weighted by molar-refractivity contribution is 0.215. The monoisotopic (exact) mass is 203 g/mol. The Morgan fingerprint density at radius 1 is 0.929 bits per heavy atom. The lowest BCUT2D eigenvalue weighted by atomic mass is 10.2. The number of nitrogens with zero attached hydrogens (tertiary/aromatic N) is 1. The van der Waals surface area contributed by atoms with Gasteiger partial charge in [0.2, 0.25) is 0 Å². The second-order valence-corrected chi connectivity index (χ2v) is 2.89. The van der Waals surface area contributed by atoms with Gasteiger partial charge in [0.25, 0.3) is 0 Å². The molecule has 0 aliphatic heterocycles. The van der Waals surface area contributed by atoms with Crippen molar-refractivity contribution in [2.75, 3.05) is 13.1 Å². The molecule has 0 aliphatic rings. The molecule has 90 valence electrons. The number of rotatable bonds is 5. The summed E-state index contributed by atoms with van der Waals surface area (Å²) in [5.74, 6) is 0. The second kappa shape index (κ2) is 18.7. The fourth-order valence-corrected chi connectivity index (χ4v) is 1.24. The van der Waals surface area contributed by atoms with E-state index in [-0.39, 0.29) is 0 Å². The van der Waals surface area contributed by atoms with Gasteiger partial charge in [-0.2, -0.15) is 0 Å². The fourth-order valence-electron chi connectivity index (χ4n) is 1.24. The SMILES string of the molecule is CC.CC.CCCN(CC)C(C)CC. The van der Waals surface area contributed by atoms with Crippen molar-refractivity contribution in [3.8, 4) is 0 Å². The molecule has 0 aromatic rings. The predicted molar refractivity (Wildman–Crippen MR) is 70.0 cm³/mol. The van der Waals surface area contributed by atoms with Crippen LogP contribution in [0.4, 0.5) is 0 Å². The van der Waals surface area contributed by atoms with Gasteiger partial charge in [-0.15, -0.1) is 0 Å². The van der Waals surface area contributed by atoms with E-state index in [2.05, 4.69) is 32.6 Å². The number of hydrogen-bond acceptors (Lipinski definition) is 1. The highest BCUT2D eigenvalue weighted by Gasteiger charge is 2.06. The summed E-state index contributed by atoms with van der Waals surface area (Å²) < 4.78 is 0. The lowest BCUT2D eigenvalue weighted by Gasteiger charge is -2.26. The highest BCUT2D eigenvalue weighted by Crippen LogP contribution is 2.02. The molecule has 0 saturated carbocycles. The highest BCUT2D eigenvalue weighted by atomic mass is 15.1. The van der Waals surface area contributed by atoms with Gasteiger partial charge in [0.15, 0.2) is 0 Å². The maximum atomic E-state index is 2.53. The predicted octanol–water partition coefficient (Wildman–Crippen LogP) is 4.57. The Labute approximate surface area is 92.9 Å². The Morgan fingerprint density at radius 3 is 1.57 bits per heavy atom. The Bertz CT molecular complexity index is 71.6. The van der Waals surface area contributed by atoms with Gasteiger partial charge in [-0.05, 0) is 32.9 Å². The van der Waals surface area contributed by atoms with E-state index < -0.39 is 0 Å². The quantitative estimate of drug-likeness (QED) is 0.632. The van der Waals surface area contributed by atoms with Crippen molar-refractivity contribution in [1.82, 2.24) is 4.90 Å². The molecule has 0 heterocycles. The maximum Gasteiger partial charge on any atom is 0.00641 e. The molecular weight excluding hydrogens is 170 g/mol. The minimum absolute atomic E-state index is 0.768. The van der Waals surface area contributed by atoms with E-state index >= 15 is 0 Å². The van der Waals surface area contributed by atoms with Gasteiger partial charge >= 0.3 is 0 Å². The Hall–Kier alpha value is -0.0400. The maximum absolute atomic E-state index is 2.53. The van der Waals surface area contributed by atoms with Crippen molar-refractivity contribution in [3.05, 3.63) is 0 Å². The molecule has 0 fully saturated rings. The molecule has 0 amide bonds. The molecule has 14 heavy (non-hydrogen) atoms. The van der Waals surface area contributed by atoms with Crippen LogP contribution in [0, 0.1) is 0 Å². The summed E-state index contributed by atoms with van der Waals surface area (Å²) >= 11 is 0. The molecule has 1 nitrogen and oxygen atoms in total. The third-order valence-corrected chi connectivity index (χ3v) is 2.13. The summed E-state index contributed by atoms with van der Waals surface area (Å²) in [7, 11) is 0. The smallest absolute Gasteiger partial charge is 0.00641 e. The van der Waals surface area contributed by atoms with Gasteiger partial charge < -0.3 is 4.90 Å². The van der Waals surface area contributed by atoms with Crippen LogP contribution in [0.15, 0.2) is 0 Å². The molecule has 0 rings (SSSR count). The molecule has 0 aliphatic carbocycles. The summed E-state index contributed by atoms with van der Waals surface area (Å²) in [6.07, 6.45) is 2.55. The third-order valence-electron chi connectivity index (χ3n) is 2.13.